The topological polar surface area (TPSA) is 79.8 Å². The standard InChI is InChI=1S/C24H35N5O2.HI/c1-25-24(28-17-8-7-16-27-22-14-5-6-15-26-22)29-18-19-10-9-13-21(30-2)23(19)31-20-11-3-4-12-20;/h5-6,9-10,13-15,20H,3-4,7-8,11-12,16-18H2,1-2H3,(H,26,27)(H2,25,28,29);1H. The third-order valence-corrected chi connectivity index (χ3v) is 5.40. The van der Waals surface area contributed by atoms with Crippen molar-refractivity contribution in [2.24, 2.45) is 4.99 Å². The van der Waals surface area contributed by atoms with E-state index in [1.54, 1.807) is 20.4 Å². The molecule has 176 valence electrons. The van der Waals surface area contributed by atoms with E-state index in [1.165, 1.54) is 12.8 Å². The average molecular weight is 553 g/mol. The van der Waals surface area contributed by atoms with E-state index < -0.39 is 0 Å². The van der Waals surface area contributed by atoms with Crippen LogP contribution in [0, 0.1) is 0 Å². The highest BCUT2D eigenvalue weighted by Gasteiger charge is 2.20. The van der Waals surface area contributed by atoms with E-state index in [4.69, 9.17) is 9.47 Å². The number of pyridine rings is 1. The number of aromatic nitrogens is 1. The van der Waals surface area contributed by atoms with Crippen LogP contribution >= 0.6 is 24.0 Å². The summed E-state index contributed by atoms with van der Waals surface area (Å²) >= 11 is 0. The molecule has 3 N–H and O–H groups in total. The van der Waals surface area contributed by atoms with E-state index in [0.717, 1.165) is 67.6 Å². The number of anilines is 1. The lowest BCUT2D eigenvalue weighted by Gasteiger charge is -2.20. The van der Waals surface area contributed by atoms with Gasteiger partial charge in [-0.15, -0.1) is 24.0 Å². The molecule has 0 atom stereocenters. The molecule has 7 nitrogen and oxygen atoms in total. The highest BCUT2D eigenvalue weighted by atomic mass is 127. The molecule has 1 aliphatic rings. The van der Waals surface area contributed by atoms with Crippen LogP contribution in [0.5, 0.6) is 11.5 Å². The molecule has 8 heteroatoms. The van der Waals surface area contributed by atoms with Gasteiger partial charge >= 0.3 is 0 Å². The Morgan fingerprint density at radius 1 is 1.06 bits per heavy atom. The second-order valence-corrected chi connectivity index (χ2v) is 7.67. The number of unbranched alkanes of at least 4 members (excludes halogenated alkanes) is 1. The van der Waals surface area contributed by atoms with Gasteiger partial charge in [-0.05, 0) is 56.7 Å². The maximum atomic E-state index is 6.32. The van der Waals surface area contributed by atoms with E-state index >= 15 is 0 Å². The molecule has 0 radical (unpaired) electrons. The lowest BCUT2D eigenvalue weighted by molar-refractivity contribution is 0.198. The molecule has 0 saturated heterocycles. The Bertz CT molecular complexity index is 813. The van der Waals surface area contributed by atoms with Gasteiger partial charge in [0.05, 0.1) is 13.2 Å². The van der Waals surface area contributed by atoms with Crippen LogP contribution in [0.15, 0.2) is 47.6 Å². The number of nitrogens with one attached hydrogen (secondary N) is 3. The number of ether oxygens (including phenoxy) is 2. The number of hydrogen-bond acceptors (Lipinski definition) is 5. The summed E-state index contributed by atoms with van der Waals surface area (Å²) < 4.78 is 11.9. The molecule has 1 heterocycles. The molecule has 0 bridgehead atoms. The van der Waals surface area contributed by atoms with Crippen molar-refractivity contribution in [3.63, 3.8) is 0 Å². The molecule has 0 amide bonds. The van der Waals surface area contributed by atoms with Crippen LogP contribution in [-0.4, -0.2) is 44.3 Å². The van der Waals surface area contributed by atoms with Crippen LogP contribution in [0.2, 0.25) is 0 Å². The molecule has 2 aromatic rings. The van der Waals surface area contributed by atoms with Gasteiger partial charge in [0.1, 0.15) is 5.82 Å². The van der Waals surface area contributed by atoms with Gasteiger partial charge in [0, 0.05) is 38.4 Å². The van der Waals surface area contributed by atoms with Gasteiger partial charge in [-0.3, -0.25) is 4.99 Å². The van der Waals surface area contributed by atoms with E-state index in [2.05, 4.69) is 32.0 Å². The molecule has 1 aliphatic carbocycles. The van der Waals surface area contributed by atoms with Gasteiger partial charge in [-0.1, -0.05) is 18.2 Å². The molecule has 0 aliphatic heterocycles. The minimum Gasteiger partial charge on any atom is -0.493 e. The Morgan fingerprint density at radius 2 is 1.88 bits per heavy atom. The van der Waals surface area contributed by atoms with Crippen molar-refractivity contribution in [2.45, 2.75) is 51.2 Å². The Morgan fingerprint density at radius 3 is 2.59 bits per heavy atom. The molecule has 32 heavy (non-hydrogen) atoms. The third-order valence-electron chi connectivity index (χ3n) is 5.40. The normalized spacial score (nSPS) is 13.9. The molecule has 3 rings (SSSR count). The van der Waals surface area contributed by atoms with Crippen LogP contribution in [0.3, 0.4) is 0 Å². The quantitative estimate of drug-likeness (QED) is 0.164. The van der Waals surface area contributed by atoms with E-state index in [9.17, 15) is 0 Å². The van der Waals surface area contributed by atoms with Crippen molar-refractivity contribution in [3.05, 3.63) is 48.2 Å². The van der Waals surface area contributed by atoms with Gasteiger partial charge < -0.3 is 25.4 Å². The smallest absolute Gasteiger partial charge is 0.191 e. The predicted octanol–water partition coefficient (Wildman–Crippen LogP) is 4.59. The van der Waals surface area contributed by atoms with Crippen LogP contribution in [-0.2, 0) is 6.54 Å². The van der Waals surface area contributed by atoms with Gasteiger partial charge in [0.25, 0.3) is 0 Å². The molecule has 0 spiro atoms. The fourth-order valence-electron chi connectivity index (χ4n) is 3.71. The molecular weight excluding hydrogens is 517 g/mol. The van der Waals surface area contributed by atoms with Crippen molar-refractivity contribution in [1.29, 1.82) is 0 Å². The van der Waals surface area contributed by atoms with Crippen LogP contribution in [0.25, 0.3) is 0 Å². The summed E-state index contributed by atoms with van der Waals surface area (Å²) in [6, 6.07) is 11.9. The number of hydrogen-bond donors (Lipinski definition) is 3. The summed E-state index contributed by atoms with van der Waals surface area (Å²) in [5, 5.41) is 10.1. The van der Waals surface area contributed by atoms with Crippen LogP contribution < -0.4 is 25.4 Å². The van der Waals surface area contributed by atoms with Crippen molar-refractivity contribution in [3.8, 4) is 11.5 Å². The molecule has 1 aromatic heterocycles. The Hall–Kier alpha value is -2.23. The first-order chi connectivity index (χ1) is 15.3. The highest BCUT2D eigenvalue weighted by Crippen LogP contribution is 2.34. The van der Waals surface area contributed by atoms with Crippen molar-refractivity contribution < 1.29 is 9.47 Å². The summed E-state index contributed by atoms with van der Waals surface area (Å²) in [7, 11) is 3.48. The second kappa shape index (κ2) is 14.8. The zero-order valence-electron chi connectivity index (χ0n) is 19.1. The summed E-state index contributed by atoms with van der Waals surface area (Å²) in [6.45, 7) is 2.38. The first kappa shape index (κ1) is 26.0. The maximum Gasteiger partial charge on any atom is 0.191 e. The molecule has 1 aromatic carbocycles. The van der Waals surface area contributed by atoms with Crippen molar-refractivity contribution >= 4 is 35.8 Å². The first-order valence-corrected chi connectivity index (χ1v) is 11.2. The number of para-hydroxylation sites is 1. The molecule has 1 fully saturated rings. The Labute approximate surface area is 208 Å². The Kier molecular flexibility index (Phi) is 12.0. The molecular formula is C24H36IN5O2. The predicted molar refractivity (Wildman–Crippen MR) is 141 cm³/mol. The third kappa shape index (κ3) is 8.37. The number of methoxy groups -OCH3 is 1. The fraction of sp³-hybridized carbons (Fsp3) is 0.500. The summed E-state index contributed by atoms with van der Waals surface area (Å²) in [5.41, 5.74) is 1.08. The number of aliphatic imine (C=N–C) groups is 1. The lowest BCUT2D eigenvalue weighted by atomic mass is 10.1. The molecule has 0 unspecified atom stereocenters. The zero-order valence-corrected chi connectivity index (χ0v) is 21.4. The second-order valence-electron chi connectivity index (χ2n) is 7.67. The van der Waals surface area contributed by atoms with E-state index in [0.29, 0.717) is 6.54 Å². The van der Waals surface area contributed by atoms with E-state index in [1.807, 2.05) is 30.3 Å². The largest absolute Gasteiger partial charge is 0.493 e. The number of nitrogens with zero attached hydrogens (tertiary/aromatic N) is 2. The van der Waals surface area contributed by atoms with Crippen LogP contribution in [0.1, 0.15) is 44.1 Å². The summed E-state index contributed by atoms with van der Waals surface area (Å²) in [4.78, 5) is 8.61. The zero-order chi connectivity index (χ0) is 21.7. The van der Waals surface area contributed by atoms with Gasteiger partial charge in [0.2, 0.25) is 0 Å². The van der Waals surface area contributed by atoms with E-state index in [-0.39, 0.29) is 30.1 Å². The number of halogens is 1. The minimum absolute atomic E-state index is 0. The van der Waals surface area contributed by atoms with Gasteiger partial charge in [-0.2, -0.15) is 0 Å². The monoisotopic (exact) mass is 553 g/mol. The summed E-state index contributed by atoms with van der Waals surface area (Å²) in [6.07, 6.45) is 8.87. The van der Waals surface area contributed by atoms with Crippen LogP contribution in [0.4, 0.5) is 5.82 Å². The van der Waals surface area contributed by atoms with Gasteiger partial charge in [0.15, 0.2) is 17.5 Å². The minimum atomic E-state index is 0. The average Bonchev–Trinajstić information content (AvgIpc) is 3.32. The van der Waals surface area contributed by atoms with Crippen molar-refractivity contribution in [1.82, 2.24) is 15.6 Å². The lowest BCUT2D eigenvalue weighted by Crippen LogP contribution is -2.37. The number of rotatable bonds is 11. The number of guanidine groups is 1. The molecule has 1 saturated carbocycles. The Balaban J connectivity index is 0.00000363. The number of benzene rings is 1. The van der Waals surface area contributed by atoms with Gasteiger partial charge in [-0.25, -0.2) is 4.98 Å². The summed E-state index contributed by atoms with van der Waals surface area (Å²) in [5.74, 6) is 3.34. The maximum absolute atomic E-state index is 6.32. The SMILES string of the molecule is CN=C(NCCCCNc1ccccn1)NCc1cccc(OC)c1OC1CCCC1.I. The highest BCUT2D eigenvalue weighted by molar-refractivity contribution is 14.0. The first-order valence-electron chi connectivity index (χ1n) is 11.2. The fourth-order valence-corrected chi connectivity index (χ4v) is 3.71. The van der Waals surface area contributed by atoms with Crippen molar-refractivity contribution in [2.75, 3.05) is 32.6 Å².